The van der Waals surface area contributed by atoms with E-state index in [1.807, 2.05) is 12.1 Å². The molecule has 1 N–H and O–H groups in total. The third-order valence-electron chi connectivity index (χ3n) is 2.89. The van der Waals surface area contributed by atoms with E-state index in [1.54, 1.807) is 12.1 Å². The van der Waals surface area contributed by atoms with Gasteiger partial charge in [0.2, 0.25) is 0 Å². The summed E-state index contributed by atoms with van der Waals surface area (Å²) in [6.07, 6.45) is 1.13. The van der Waals surface area contributed by atoms with Crippen LogP contribution < -0.4 is 5.32 Å². The molecule has 2 aromatic rings. The molecule has 0 fully saturated rings. The van der Waals surface area contributed by atoms with Crippen molar-refractivity contribution in [2.75, 3.05) is 6.26 Å². The van der Waals surface area contributed by atoms with Crippen LogP contribution in [0.2, 0.25) is 5.02 Å². The maximum atomic E-state index is 12.0. The minimum Gasteiger partial charge on any atom is -0.348 e. The first kappa shape index (κ1) is 15.5. The summed E-state index contributed by atoms with van der Waals surface area (Å²) in [4.78, 5) is 12.2. The normalized spacial score (nSPS) is 11.1. The molecule has 0 unspecified atom stereocenters. The van der Waals surface area contributed by atoms with Gasteiger partial charge < -0.3 is 5.32 Å². The first-order valence-electron chi connectivity index (χ1n) is 6.19. The Morgan fingerprint density at radius 2 is 1.81 bits per heavy atom. The predicted octanol–water partition coefficient (Wildman–Crippen LogP) is 2.67. The molecule has 0 spiro atoms. The SMILES string of the molecule is CS(=O)(=O)c1ccc(C(=O)NCc2cccc(Cl)c2)cc1. The zero-order chi connectivity index (χ0) is 15.5. The fourth-order valence-corrected chi connectivity index (χ4v) is 2.63. The van der Waals surface area contributed by atoms with Crippen LogP contribution in [0.1, 0.15) is 15.9 Å². The summed E-state index contributed by atoms with van der Waals surface area (Å²) in [5.74, 6) is -0.268. The van der Waals surface area contributed by atoms with Crippen LogP contribution in [-0.2, 0) is 16.4 Å². The highest BCUT2D eigenvalue weighted by Gasteiger charge is 2.09. The van der Waals surface area contributed by atoms with Gasteiger partial charge in [-0.1, -0.05) is 23.7 Å². The van der Waals surface area contributed by atoms with Gasteiger partial charge in [0.25, 0.3) is 5.91 Å². The molecule has 0 aliphatic rings. The average Bonchev–Trinajstić information content (AvgIpc) is 2.44. The number of hydrogen-bond donors (Lipinski definition) is 1. The van der Waals surface area contributed by atoms with E-state index in [1.165, 1.54) is 24.3 Å². The molecule has 2 aromatic carbocycles. The molecule has 2 rings (SSSR count). The van der Waals surface area contributed by atoms with Crippen molar-refractivity contribution in [3.63, 3.8) is 0 Å². The third kappa shape index (κ3) is 4.31. The van der Waals surface area contributed by atoms with E-state index in [-0.39, 0.29) is 10.8 Å². The van der Waals surface area contributed by atoms with Gasteiger partial charge in [0, 0.05) is 23.4 Å². The number of nitrogens with one attached hydrogen (secondary N) is 1. The standard InChI is InChI=1S/C15H14ClNO3S/c1-21(19,20)14-7-5-12(6-8-14)15(18)17-10-11-3-2-4-13(16)9-11/h2-9H,10H2,1H3,(H,17,18). The van der Waals surface area contributed by atoms with Gasteiger partial charge in [-0.25, -0.2) is 8.42 Å². The zero-order valence-electron chi connectivity index (χ0n) is 11.3. The van der Waals surface area contributed by atoms with Crippen LogP contribution in [0.4, 0.5) is 0 Å². The molecule has 0 aliphatic carbocycles. The highest BCUT2D eigenvalue weighted by atomic mass is 35.5. The van der Waals surface area contributed by atoms with Crippen LogP contribution in [0.15, 0.2) is 53.4 Å². The molecule has 4 nitrogen and oxygen atoms in total. The summed E-state index contributed by atoms with van der Waals surface area (Å²) in [6, 6.07) is 13.0. The molecule has 0 saturated heterocycles. The molecule has 0 radical (unpaired) electrons. The number of benzene rings is 2. The molecular weight excluding hydrogens is 310 g/mol. The Hall–Kier alpha value is -1.85. The predicted molar refractivity (Wildman–Crippen MR) is 82.2 cm³/mol. The van der Waals surface area contributed by atoms with E-state index in [2.05, 4.69) is 5.32 Å². The maximum absolute atomic E-state index is 12.0. The number of rotatable bonds is 4. The van der Waals surface area contributed by atoms with Gasteiger partial charge >= 0.3 is 0 Å². The topological polar surface area (TPSA) is 63.2 Å². The lowest BCUT2D eigenvalue weighted by molar-refractivity contribution is 0.0951. The van der Waals surface area contributed by atoms with E-state index in [0.717, 1.165) is 11.8 Å². The van der Waals surface area contributed by atoms with Gasteiger partial charge in [-0.05, 0) is 42.0 Å². The molecule has 0 atom stereocenters. The molecule has 110 valence electrons. The van der Waals surface area contributed by atoms with Crippen molar-refractivity contribution < 1.29 is 13.2 Å². The number of halogens is 1. The van der Waals surface area contributed by atoms with Crippen molar-refractivity contribution in [2.45, 2.75) is 11.4 Å². The van der Waals surface area contributed by atoms with Gasteiger partial charge in [0.15, 0.2) is 9.84 Å². The number of hydrogen-bond acceptors (Lipinski definition) is 3. The lowest BCUT2D eigenvalue weighted by atomic mass is 10.2. The van der Waals surface area contributed by atoms with Crippen LogP contribution in [0.25, 0.3) is 0 Å². The summed E-state index contributed by atoms with van der Waals surface area (Å²) < 4.78 is 22.7. The van der Waals surface area contributed by atoms with Crippen molar-refractivity contribution in [3.05, 3.63) is 64.7 Å². The van der Waals surface area contributed by atoms with E-state index < -0.39 is 9.84 Å². The van der Waals surface area contributed by atoms with Crippen LogP contribution >= 0.6 is 11.6 Å². The lowest BCUT2D eigenvalue weighted by Gasteiger charge is -2.06. The molecule has 21 heavy (non-hydrogen) atoms. The second kappa shape index (κ2) is 6.28. The molecule has 6 heteroatoms. The lowest BCUT2D eigenvalue weighted by Crippen LogP contribution is -2.22. The fourth-order valence-electron chi connectivity index (χ4n) is 1.78. The van der Waals surface area contributed by atoms with Crippen LogP contribution in [0, 0.1) is 0 Å². The summed E-state index contributed by atoms with van der Waals surface area (Å²) >= 11 is 5.87. The van der Waals surface area contributed by atoms with E-state index >= 15 is 0 Å². The van der Waals surface area contributed by atoms with E-state index in [4.69, 9.17) is 11.6 Å². The molecule has 0 bridgehead atoms. The van der Waals surface area contributed by atoms with Crippen molar-refractivity contribution in [1.29, 1.82) is 0 Å². The maximum Gasteiger partial charge on any atom is 0.251 e. The smallest absolute Gasteiger partial charge is 0.251 e. The van der Waals surface area contributed by atoms with Crippen molar-refractivity contribution in [2.24, 2.45) is 0 Å². The Morgan fingerprint density at radius 3 is 2.38 bits per heavy atom. The first-order chi connectivity index (χ1) is 9.86. The Bertz CT molecular complexity index is 755. The van der Waals surface area contributed by atoms with Crippen LogP contribution in [-0.4, -0.2) is 20.6 Å². The van der Waals surface area contributed by atoms with Crippen molar-refractivity contribution >= 4 is 27.3 Å². The molecular formula is C15H14ClNO3S. The Balaban J connectivity index is 2.04. The summed E-state index contributed by atoms with van der Waals surface area (Å²) in [5.41, 5.74) is 1.30. The van der Waals surface area contributed by atoms with E-state index in [9.17, 15) is 13.2 Å². The first-order valence-corrected chi connectivity index (χ1v) is 8.46. The Morgan fingerprint density at radius 1 is 1.14 bits per heavy atom. The highest BCUT2D eigenvalue weighted by Crippen LogP contribution is 2.12. The molecule has 0 saturated carbocycles. The Kier molecular flexibility index (Phi) is 4.65. The second-order valence-electron chi connectivity index (χ2n) is 4.61. The van der Waals surface area contributed by atoms with Gasteiger partial charge in [-0.15, -0.1) is 0 Å². The fraction of sp³-hybridized carbons (Fsp3) is 0.133. The van der Waals surface area contributed by atoms with Gasteiger partial charge in [-0.3, -0.25) is 4.79 Å². The summed E-state index contributed by atoms with van der Waals surface area (Å²) in [7, 11) is -3.25. The largest absolute Gasteiger partial charge is 0.348 e. The van der Waals surface area contributed by atoms with E-state index in [0.29, 0.717) is 17.1 Å². The molecule has 0 aliphatic heterocycles. The number of carbonyl (C=O) groups is 1. The third-order valence-corrected chi connectivity index (χ3v) is 4.25. The van der Waals surface area contributed by atoms with Gasteiger partial charge in [0.1, 0.15) is 0 Å². The van der Waals surface area contributed by atoms with Crippen molar-refractivity contribution in [3.8, 4) is 0 Å². The minimum absolute atomic E-state index is 0.189. The molecule has 1 amide bonds. The Labute approximate surface area is 128 Å². The zero-order valence-corrected chi connectivity index (χ0v) is 12.9. The minimum atomic E-state index is -3.25. The number of sulfone groups is 1. The second-order valence-corrected chi connectivity index (χ2v) is 7.06. The summed E-state index contributed by atoms with van der Waals surface area (Å²) in [5, 5.41) is 3.36. The van der Waals surface area contributed by atoms with Crippen molar-refractivity contribution in [1.82, 2.24) is 5.32 Å². The molecule has 0 heterocycles. The average molecular weight is 324 g/mol. The number of carbonyl (C=O) groups excluding carboxylic acids is 1. The number of amides is 1. The van der Waals surface area contributed by atoms with Crippen LogP contribution in [0.3, 0.4) is 0 Å². The molecule has 0 aromatic heterocycles. The van der Waals surface area contributed by atoms with Gasteiger partial charge in [0.05, 0.1) is 4.90 Å². The summed E-state index contributed by atoms with van der Waals surface area (Å²) in [6.45, 7) is 0.354. The quantitative estimate of drug-likeness (QED) is 0.941. The van der Waals surface area contributed by atoms with Crippen LogP contribution in [0.5, 0.6) is 0 Å². The monoisotopic (exact) mass is 323 g/mol. The van der Waals surface area contributed by atoms with Gasteiger partial charge in [-0.2, -0.15) is 0 Å². The highest BCUT2D eigenvalue weighted by molar-refractivity contribution is 7.90.